The SMILES string of the molecule is COc1ccc(-c2noc(N3CCC[C@@H](C(=O)Nc4ccc(OC)c(OC)c4)C3)n2)cc1. The zero-order valence-corrected chi connectivity index (χ0v) is 18.3. The summed E-state index contributed by atoms with van der Waals surface area (Å²) in [5.74, 6) is 2.17. The molecule has 0 spiro atoms. The van der Waals surface area contributed by atoms with Crippen molar-refractivity contribution in [1.29, 1.82) is 0 Å². The number of benzene rings is 2. The predicted molar refractivity (Wildman–Crippen MR) is 119 cm³/mol. The number of methoxy groups -OCH3 is 3. The normalized spacial score (nSPS) is 15.8. The largest absolute Gasteiger partial charge is 0.497 e. The van der Waals surface area contributed by atoms with Crippen molar-refractivity contribution in [3.05, 3.63) is 42.5 Å². The van der Waals surface area contributed by atoms with Gasteiger partial charge in [-0.3, -0.25) is 4.79 Å². The molecule has 1 saturated heterocycles. The number of piperidine rings is 1. The molecule has 1 amide bonds. The summed E-state index contributed by atoms with van der Waals surface area (Å²) in [6.07, 6.45) is 1.64. The van der Waals surface area contributed by atoms with Crippen LogP contribution in [0.5, 0.6) is 17.2 Å². The second kappa shape index (κ2) is 9.59. The number of nitrogens with zero attached hydrogens (tertiary/aromatic N) is 3. The van der Waals surface area contributed by atoms with Crippen molar-refractivity contribution in [2.75, 3.05) is 44.6 Å². The number of rotatable bonds is 7. The van der Waals surface area contributed by atoms with Gasteiger partial charge in [0.05, 0.1) is 27.2 Å². The summed E-state index contributed by atoms with van der Waals surface area (Å²) in [5, 5.41) is 7.07. The van der Waals surface area contributed by atoms with Gasteiger partial charge in [-0.15, -0.1) is 0 Å². The first-order chi connectivity index (χ1) is 15.6. The van der Waals surface area contributed by atoms with Gasteiger partial charge in [0.25, 0.3) is 0 Å². The third-order valence-electron chi connectivity index (χ3n) is 5.48. The van der Waals surface area contributed by atoms with Crippen LogP contribution < -0.4 is 24.4 Å². The average molecular weight is 438 g/mol. The quantitative estimate of drug-likeness (QED) is 0.597. The van der Waals surface area contributed by atoms with Crippen LogP contribution in [0.2, 0.25) is 0 Å². The van der Waals surface area contributed by atoms with Gasteiger partial charge in [-0.05, 0) is 49.2 Å². The Morgan fingerprint density at radius 3 is 2.56 bits per heavy atom. The summed E-state index contributed by atoms with van der Waals surface area (Å²) in [7, 11) is 4.76. The van der Waals surface area contributed by atoms with Gasteiger partial charge in [0.15, 0.2) is 11.5 Å². The highest BCUT2D eigenvalue weighted by Gasteiger charge is 2.29. The van der Waals surface area contributed by atoms with E-state index in [1.54, 1.807) is 39.5 Å². The van der Waals surface area contributed by atoms with E-state index in [1.807, 2.05) is 29.2 Å². The van der Waals surface area contributed by atoms with Crippen LogP contribution in [0.4, 0.5) is 11.7 Å². The van der Waals surface area contributed by atoms with E-state index in [-0.39, 0.29) is 11.8 Å². The molecule has 1 atom stereocenters. The third kappa shape index (κ3) is 4.61. The Morgan fingerprint density at radius 1 is 1.06 bits per heavy atom. The molecule has 4 rings (SSSR count). The lowest BCUT2D eigenvalue weighted by Crippen LogP contribution is -2.41. The maximum Gasteiger partial charge on any atom is 0.324 e. The number of anilines is 2. The lowest BCUT2D eigenvalue weighted by atomic mass is 9.97. The van der Waals surface area contributed by atoms with Gasteiger partial charge in [-0.25, -0.2) is 0 Å². The molecule has 32 heavy (non-hydrogen) atoms. The minimum atomic E-state index is -0.201. The molecule has 0 saturated carbocycles. The van der Waals surface area contributed by atoms with E-state index < -0.39 is 0 Å². The molecule has 0 unspecified atom stereocenters. The molecule has 9 heteroatoms. The Bertz CT molecular complexity index is 1070. The number of amides is 1. The lowest BCUT2D eigenvalue weighted by Gasteiger charge is -2.30. The van der Waals surface area contributed by atoms with Crippen LogP contribution in [0.15, 0.2) is 47.0 Å². The molecule has 0 radical (unpaired) electrons. The minimum absolute atomic E-state index is 0.0585. The van der Waals surface area contributed by atoms with Gasteiger partial charge in [0.2, 0.25) is 11.7 Å². The average Bonchev–Trinajstić information content (AvgIpc) is 3.34. The molecule has 1 N–H and O–H groups in total. The van der Waals surface area contributed by atoms with E-state index >= 15 is 0 Å². The molecule has 0 aliphatic carbocycles. The number of hydrogen-bond donors (Lipinski definition) is 1. The van der Waals surface area contributed by atoms with Crippen LogP contribution in [0.3, 0.4) is 0 Å². The Kier molecular flexibility index (Phi) is 6.44. The van der Waals surface area contributed by atoms with E-state index in [9.17, 15) is 4.79 Å². The van der Waals surface area contributed by atoms with Gasteiger partial charge in [-0.1, -0.05) is 5.16 Å². The summed E-state index contributed by atoms with van der Waals surface area (Å²) in [6.45, 7) is 1.26. The molecule has 1 aliphatic heterocycles. The van der Waals surface area contributed by atoms with Crippen molar-refractivity contribution in [1.82, 2.24) is 10.1 Å². The molecule has 168 valence electrons. The number of aromatic nitrogens is 2. The first kappa shape index (κ1) is 21.5. The van der Waals surface area contributed by atoms with E-state index in [2.05, 4.69) is 15.5 Å². The molecule has 9 nitrogen and oxygen atoms in total. The minimum Gasteiger partial charge on any atom is -0.497 e. The highest BCUT2D eigenvalue weighted by atomic mass is 16.5. The fourth-order valence-electron chi connectivity index (χ4n) is 3.72. The summed E-state index contributed by atoms with van der Waals surface area (Å²) >= 11 is 0. The Labute approximate surface area is 186 Å². The zero-order chi connectivity index (χ0) is 22.5. The number of carbonyl (C=O) groups is 1. The standard InChI is InChI=1S/C23H26N4O5/c1-29-18-9-6-15(7-10-18)21-25-23(32-26-21)27-12-4-5-16(14-27)22(28)24-17-8-11-19(30-2)20(13-17)31-3/h6-11,13,16H,4-5,12,14H2,1-3H3,(H,24,28)/t16-/m1/s1. The molecular formula is C23H26N4O5. The Hall–Kier alpha value is -3.75. The van der Waals surface area contributed by atoms with Gasteiger partial charge in [0.1, 0.15) is 5.75 Å². The second-order valence-corrected chi connectivity index (χ2v) is 7.47. The van der Waals surface area contributed by atoms with E-state index in [4.69, 9.17) is 18.7 Å². The number of hydrogen-bond acceptors (Lipinski definition) is 8. The maximum atomic E-state index is 12.9. The lowest BCUT2D eigenvalue weighted by molar-refractivity contribution is -0.120. The molecule has 2 aromatic carbocycles. The van der Waals surface area contributed by atoms with Gasteiger partial charge < -0.3 is 29.0 Å². The molecule has 1 fully saturated rings. The van der Waals surface area contributed by atoms with E-state index in [1.165, 1.54) is 0 Å². The van der Waals surface area contributed by atoms with Crippen molar-refractivity contribution in [2.45, 2.75) is 12.8 Å². The van der Waals surface area contributed by atoms with Crippen molar-refractivity contribution >= 4 is 17.6 Å². The van der Waals surface area contributed by atoms with E-state index in [0.29, 0.717) is 35.6 Å². The highest BCUT2D eigenvalue weighted by Crippen LogP contribution is 2.31. The summed E-state index contributed by atoms with van der Waals surface area (Å²) in [6, 6.07) is 13.2. The van der Waals surface area contributed by atoms with Gasteiger partial charge in [0, 0.05) is 30.4 Å². The zero-order valence-electron chi connectivity index (χ0n) is 18.3. The molecule has 1 aromatic heterocycles. The fourth-order valence-corrected chi connectivity index (χ4v) is 3.72. The van der Waals surface area contributed by atoms with Crippen molar-refractivity contribution in [3.8, 4) is 28.6 Å². The van der Waals surface area contributed by atoms with Crippen LogP contribution in [-0.2, 0) is 4.79 Å². The van der Waals surface area contributed by atoms with Crippen LogP contribution in [0.25, 0.3) is 11.4 Å². The Morgan fingerprint density at radius 2 is 1.84 bits per heavy atom. The van der Waals surface area contributed by atoms with Gasteiger partial charge >= 0.3 is 6.01 Å². The smallest absolute Gasteiger partial charge is 0.324 e. The molecule has 0 bridgehead atoms. The molecule has 2 heterocycles. The first-order valence-electron chi connectivity index (χ1n) is 10.4. The van der Waals surface area contributed by atoms with Crippen molar-refractivity contribution in [3.63, 3.8) is 0 Å². The van der Waals surface area contributed by atoms with Crippen LogP contribution in [0.1, 0.15) is 12.8 Å². The van der Waals surface area contributed by atoms with Crippen molar-refractivity contribution < 1.29 is 23.5 Å². The van der Waals surface area contributed by atoms with Crippen LogP contribution in [0, 0.1) is 5.92 Å². The maximum absolute atomic E-state index is 12.9. The van der Waals surface area contributed by atoms with Crippen LogP contribution >= 0.6 is 0 Å². The van der Waals surface area contributed by atoms with Crippen molar-refractivity contribution in [2.24, 2.45) is 5.92 Å². The predicted octanol–water partition coefficient (Wildman–Crippen LogP) is 3.62. The number of carbonyl (C=O) groups excluding carboxylic acids is 1. The van der Waals surface area contributed by atoms with Gasteiger partial charge in [-0.2, -0.15) is 4.98 Å². The summed E-state index contributed by atoms with van der Waals surface area (Å²) < 4.78 is 21.2. The molecular weight excluding hydrogens is 412 g/mol. The molecule has 3 aromatic rings. The fraction of sp³-hybridized carbons (Fsp3) is 0.348. The highest BCUT2D eigenvalue weighted by molar-refractivity contribution is 5.93. The van der Waals surface area contributed by atoms with E-state index in [0.717, 1.165) is 30.7 Å². The Balaban J connectivity index is 1.42. The summed E-state index contributed by atoms with van der Waals surface area (Å²) in [5.41, 5.74) is 1.49. The number of nitrogens with one attached hydrogen (secondary N) is 1. The third-order valence-corrected chi connectivity index (χ3v) is 5.48. The second-order valence-electron chi connectivity index (χ2n) is 7.47. The first-order valence-corrected chi connectivity index (χ1v) is 10.4. The monoisotopic (exact) mass is 438 g/mol. The molecule has 1 aliphatic rings. The van der Waals surface area contributed by atoms with Crippen LogP contribution in [-0.4, -0.2) is 50.5 Å². The topological polar surface area (TPSA) is 99.0 Å². The number of ether oxygens (including phenoxy) is 3. The summed E-state index contributed by atoms with van der Waals surface area (Å²) in [4.78, 5) is 19.4.